The predicted molar refractivity (Wildman–Crippen MR) is 98.2 cm³/mol. The minimum absolute atomic E-state index is 0.219. The van der Waals surface area contributed by atoms with Crippen molar-refractivity contribution >= 4 is 5.91 Å². The van der Waals surface area contributed by atoms with Crippen LogP contribution < -0.4 is 0 Å². The Morgan fingerprint density at radius 2 is 2.23 bits per heavy atom. The smallest absolute Gasteiger partial charge is 0.224 e. The largest absolute Gasteiger partial charge is 0.353 e. The lowest BCUT2D eigenvalue weighted by Crippen LogP contribution is -2.35. The zero-order valence-corrected chi connectivity index (χ0v) is 15.3. The number of nitriles is 1. The van der Waals surface area contributed by atoms with Gasteiger partial charge in [0.2, 0.25) is 5.91 Å². The number of amides is 1. The van der Waals surface area contributed by atoms with Crippen molar-refractivity contribution in [2.75, 3.05) is 26.2 Å². The molecular formula is C19H26N6O. The van der Waals surface area contributed by atoms with Crippen LogP contribution >= 0.6 is 0 Å². The molecule has 2 aromatic heterocycles. The second-order valence-electron chi connectivity index (χ2n) is 6.68. The maximum atomic E-state index is 12.6. The summed E-state index contributed by atoms with van der Waals surface area (Å²) < 4.78 is 2.07. The van der Waals surface area contributed by atoms with Crippen molar-refractivity contribution in [2.24, 2.45) is 0 Å². The van der Waals surface area contributed by atoms with Gasteiger partial charge in [0.05, 0.1) is 0 Å². The number of hydrogen-bond acceptors (Lipinski definition) is 4. The Morgan fingerprint density at radius 1 is 1.35 bits per heavy atom. The molecule has 0 aliphatic carbocycles. The summed E-state index contributed by atoms with van der Waals surface area (Å²) >= 11 is 0. The lowest BCUT2D eigenvalue weighted by atomic mass is 10.3. The van der Waals surface area contributed by atoms with Gasteiger partial charge in [-0.25, -0.2) is 4.98 Å². The zero-order chi connectivity index (χ0) is 18.4. The number of nitrogens with zero attached hydrogens (tertiary/aromatic N) is 5. The highest BCUT2D eigenvalue weighted by Crippen LogP contribution is 2.11. The standard InChI is InChI=1S/C19H26N6O/c1-2-18-21-5-9-24(18)8-4-19(26)25-7-3-6-23(10-11-25)15-16-12-17(13-20)22-14-16/h5,9,12,14,22H,2-4,6-8,10-11,15H2,1H3. The van der Waals surface area contributed by atoms with Gasteiger partial charge >= 0.3 is 0 Å². The Kier molecular flexibility index (Phi) is 6.08. The Balaban J connectivity index is 1.48. The van der Waals surface area contributed by atoms with Crippen LogP contribution in [0, 0.1) is 11.3 Å². The fourth-order valence-corrected chi connectivity index (χ4v) is 3.46. The van der Waals surface area contributed by atoms with E-state index < -0.39 is 0 Å². The molecule has 0 saturated carbocycles. The van der Waals surface area contributed by atoms with Crippen LogP contribution in [0.4, 0.5) is 0 Å². The van der Waals surface area contributed by atoms with Gasteiger partial charge in [-0.2, -0.15) is 5.26 Å². The predicted octanol–water partition coefficient (Wildman–Crippen LogP) is 1.77. The van der Waals surface area contributed by atoms with E-state index >= 15 is 0 Å². The Morgan fingerprint density at radius 3 is 3.00 bits per heavy atom. The molecular weight excluding hydrogens is 328 g/mol. The number of aromatic nitrogens is 3. The molecule has 7 nitrogen and oxygen atoms in total. The Bertz CT molecular complexity index is 771. The average Bonchev–Trinajstić information content (AvgIpc) is 3.24. The maximum Gasteiger partial charge on any atom is 0.224 e. The van der Waals surface area contributed by atoms with Crippen LogP contribution in [-0.2, 0) is 24.3 Å². The van der Waals surface area contributed by atoms with E-state index in [4.69, 9.17) is 5.26 Å². The highest BCUT2D eigenvalue weighted by molar-refractivity contribution is 5.76. The maximum absolute atomic E-state index is 12.6. The molecule has 3 rings (SSSR count). The first-order valence-corrected chi connectivity index (χ1v) is 9.27. The molecule has 0 aromatic carbocycles. The van der Waals surface area contributed by atoms with Crippen molar-refractivity contribution in [1.82, 2.24) is 24.3 Å². The number of aryl methyl sites for hydroxylation is 2. The van der Waals surface area contributed by atoms with Gasteiger partial charge in [0, 0.05) is 70.7 Å². The first-order valence-electron chi connectivity index (χ1n) is 9.27. The van der Waals surface area contributed by atoms with Crippen molar-refractivity contribution in [3.63, 3.8) is 0 Å². The number of H-pyrrole nitrogens is 1. The van der Waals surface area contributed by atoms with E-state index in [-0.39, 0.29) is 5.91 Å². The number of aromatic amines is 1. The third kappa shape index (κ3) is 4.52. The van der Waals surface area contributed by atoms with Gasteiger partial charge in [-0.1, -0.05) is 6.92 Å². The van der Waals surface area contributed by atoms with Gasteiger partial charge in [-0.3, -0.25) is 9.69 Å². The first kappa shape index (κ1) is 18.2. The summed E-state index contributed by atoms with van der Waals surface area (Å²) in [6.07, 6.45) is 8.02. The van der Waals surface area contributed by atoms with E-state index in [1.807, 2.05) is 23.4 Å². The normalized spacial score (nSPS) is 15.6. The Labute approximate surface area is 154 Å². The van der Waals surface area contributed by atoms with Gasteiger partial charge in [0.25, 0.3) is 0 Å². The van der Waals surface area contributed by atoms with E-state index in [2.05, 4.69) is 32.4 Å². The molecule has 1 fully saturated rings. The van der Waals surface area contributed by atoms with Crippen LogP contribution in [0.1, 0.15) is 36.8 Å². The summed E-state index contributed by atoms with van der Waals surface area (Å²) in [6, 6.07) is 4.01. The van der Waals surface area contributed by atoms with Crippen LogP contribution in [0.3, 0.4) is 0 Å². The van der Waals surface area contributed by atoms with Crippen LogP contribution in [0.15, 0.2) is 24.7 Å². The summed E-state index contributed by atoms with van der Waals surface area (Å²) in [6.45, 7) is 7.00. The number of nitrogens with one attached hydrogen (secondary N) is 1. The molecule has 1 aliphatic rings. The highest BCUT2D eigenvalue weighted by atomic mass is 16.2. The van der Waals surface area contributed by atoms with E-state index in [0.29, 0.717) is 18.7 Å². The minimum Gasteiger partial charge on any atom is -0.353 e. The van der Waals surface area contributed by atoms with E-state index in [9.17, 15) is 4.79 Å². The molecule has 1 N–H and O–H groups in total. The first-order chi connectivity index (χ1) is 12.7. The SMILES string of the molecule is CCc1nccn1CCC(=O)N1CCCN(Cc2c[nH]c(C#N)c2)CC1. The molecule has 2 aromatic rings. The lowest BCUT2D eigenvalue weighted by Gasteiger charge is -2.22. The second-order valence-corrected chi connectivity index (χ2v) is 6.68. The zero-order valence-electron chi connectivity index (χ0n) is 15.3. The fraction of sp³-hybridized carbons (Fsp3) is 0.526. The van der Waals surface area contributed by atoms with Crippen LogP contribution in [0.25, 0.3) is 0 Å². The Hall–Kier alpha value is -2.59. The fourth-order valence-electron chi connectivity index (χ4n) is 3.46. The van der Waals surface area contributed by atoms with Crippen molar-refractivity contribution in [3.8, 4) is 6.07 Å². The summed E-state index contributed by atoms with van der Waals surface area (Å²) in [4.78, 5) is 24.2. The third-order valence-corrected chi connectivity index (χ3v) is 4.90. The second kappa shape index (κ2) is 8.68. The van der Waals surface area contributed by atoms with Crippen molar-refractivity contribution in [3.05, 3.63) is 41.7 Å². The summed E-state index contributed by atoms with van der Waals surface area (Å²) in [5.41, 5.74) is 1.71. The van der Waals surface area contributed by atoms with Gasteiger partial charge < -0.3 is 14.5 Å². The summed E-state index contributed by atoms with van der Waals surface area (Å²) in [5, 5.41) is 8.90. The number of hydrogen-bond donors (Lipinski definition) is 1. The molecule has 1 saturated heterocycles. The van der Waals surface area contributed by atoms with Crippen molar-refractivity contribution < 1.29 is 4.79 Å². The summed E-state index contributed by atoms with van der Waals surface area (Å²) in [5.74, 6) is 1.25. The average molecular weight is 354 g/mol. The van der Waals surface area contributed by atoms with Crippen LogP contribution in [-0.4, -0.2) is 56.4 Å². The minimum atomic E-state index is 0.219. The number of carbonyl (C=O) groups is 1. The van der Waals surface area contributed by atoms with Gasteiger partial charge in [-0.05, 0) is 18.1 Å². The summed E-state index contributed by atoms with van der Waals surface area (Å²) in [7, 11) is 0. The van der Waals surface area contributed by atoms with Crippen molar-refractivity contribution in [2.45, 2.75) is 39.3 Å². The molecule has 0 atom stereocenters. The number of carbonyl (C=O) groups excluding carboxylic acids is 1. The molecule has 0 spiro atoms. The van der Waals surface area contributed by atoms with Gasteiger partial charge in [-0.15, -0.1) is 0 Å². The van der Waals surface area contributed by atoms with Gasteiger partial charge in [0.15, 0.2) is 0 Å². The molecule has 3 heterocycles. The molecule has 7 heteroatoms. The monoisotopic (exact) mass is 354 g/mol. The molecule has 0 unspecified atom stereocenters. The molecule has 138 valence electrons. The molecule has 1 amide bonds. The van der Waals surface area contributed by atoms with Gasteiger partial charge in [0.1, 0.15) is 17.6 Å². The molecule has 0 radical (unpaired) electrons. The molecule has 0 bridgehead atoms. The van der Waals surface area contributed by atoms with Crippen LogP contribution in [0.2, 0.25) is 0 Å². The third-order valence-electron chi connectivity index (χ3n) is 4.90. The van der Waals surface area contributed by atoms with E-state index in [1.165, 1.54) is 0 Å². The molecule has 1 aliphatic heterocycles. The lowest BCUT2D eigenvalue weighted by molar-refractivity contribution is -0.131. The highest BCUT2D eigenvalue weighted by Gasteiger charge is 2.19. The quantitative estimate of drug-likeness (QED) is 0.857. The van der Waals surface area contributed by atoms with Crippen molar-refractivity contribution in [1.29, 1.82) is 5.26 Å². The number of rotatable bonds is 6. The van der Waals surface area contributed by atoms with E-state index in [0.717, 1.165) is 57.0 Å². The van der Waals surface area contributed by atoms with Crippen LogP contribution in [0.5, 0.6) is 0 Å². The number of imidazole rings is 1. The van der Waals surface area contributed by atoms with E-state index in [1.54, 1.807) is 6.20 Å². The molecule has 26 heavy (non-hydrogen) atoms. The topological polar surface area (TPSA) is 81.0 Å².